The van der Waals surface area contributed by atoms with Gasteiger partial charge >= 0.3 is 0 Å². The second-order valence-electron chi connectivity index (χ2n) is 4.99. The summed E-state index contributed by atoms with van der Waals surface area (Å²) >= 11 is 0. The predicted octanol–water partition coefficient (Wildman–Crippen LogP) is 2.86. The number of nitrogens with one attached hydrogen (secondary N) is 1. The fourth-order valence-corrected chi connectivity index (χ4v) is 2.02. The highest BCUT2D eigenvalue weighted by molar-refractivity contribution is 6.01. The van der Waals surface area contributed by atoms with Crippen molar-refractivity contribution in [3.63, 3.8) is 0 Å². The molecule has 0 atom stereocenters. The summed E-state index contributed by atoms with van der Waals surface area (Å²) in [4.78, 5) is 12.0. The first-order valence-corrected chi connectivity index (χ1v) is 7.21. The number of amides is 1. The Balaban J connectivity index is 1.91. The van der Waals surface area contributed by atoms with Gasteiger partial charge < -0.3 is 14.5 Å². The van der Waals surface area contributed by atoms with Crippen molar-refractivity contribution in [1.29, 1.82) is 5.26 Å². The number of ether oxygens (including phenoxy) is 1. The third-order valence-corrected chi connectivity index (χ3v) is 3.40. The minimum atomic E-state index is -0.406. The normalized spacial score (nSPS) is 10.9. The van der Waals surface area contributed by atoms with E-state index in [2.05, 4.69) is 5.32 Å². The summed E-state index contributed by atoms with van der Waals surface area (Å²) in [6.45, 7) is 2.30. The van der Waals surface area contributed by atoms with Crippen molar-refractivity contribution in [2.75, 3.05) is 13.7 Å². The number of nitrogens with zero attached hydrogens (tertiary/aromatic N) is 1. The molecule has 1 amide bonds. The van der Waals surface area contributed by atoms with Gasteiger partial charge in [0.1, 0.15) is 23.2 Å². The molecule has 1 aromatic carbocycles. The second-order valence-corrected chi connectivity index (χ2v) is 4.99. The lowest BCUT2D eigenvalue weighted by Crippen LogP contribution is -2.26. The van der Waals surface area contributed by atoms with Gasteiger partial charge in [0.25, 0.3) is 5.91 Å². The number of nitriles is 1. The molecule has 0 unspecified atom stereocenters. The van der Waals surface area contributed by atoms with Crippen molar-refractivity contribution in [1.82, 2.24) is 5.32 Å². The fraction of sp³-hybridized carbons (Fsp3) is 0.222. The summed E-state index contributed by atoms with van der Waals surface area (Å²) in [5, 5.41) is 11.9. The summed E-state index contributed by atoms with van der Waals surface area (Å²) < 4.78 is 10.3. The van der Waals surface area contributed by atoms with Gasteiger partial charge in [-0.3, -0.25) is 4.79 Å². The molecule has 23 heavy (non-hydrogen) atoms. The Hall–Kier alpha value is -3.00. The number of methoxy groups -OCH3 is 1. The predicted molar refractivity (Wildman–Crippen MR) is 86.7 cm³/mol. The van der Waals surface area contributed by atoms with Crippen molar-refractivity contribution in [2.24, 2.45) is 0 Å². The topological polar surface area (TPSA) is 75.3 Å². The van der Waals surface area contributed by atoms with Crippen molar-refractivity contribution in [2.45, 2.75) is 13.3 Å². The van der Waals surface area contributed by atoms with Crippen molar-refractivity contribution < 1.29 is 13.9 Å². The number of rotatable bonds is 6. The minimum absolute atomic E-state index is 0.0257. The third kappa shape index (κ3) is 4.48. The van der Waals surface area contributed by atoms with E-state index in [4.69, 9.17) is 14.4 Å². The van der Waals surface area contributed by atoms with Crippen molar-refractivity contribution in [3.05, 3.63) is 59.1 Å². The van der Waals surface area contributed by atoms with Crippen LogP contribution in [-0.4, -0.2) is 19.6 Å². The molecule has 1 aromatic heterocycles. The first kappa shape index (κ1) is 16.4. The molecule has 2 rings (SSSR count). The van der Waals surface area contributed by atoms with Gasteiger partial charge in [0.2, 0.25) is 0 Å². The molecule has 2 aromatic rings. The van der Waals surface area contributed by atoms with Crippen LogP contribution >= 0.6 is 0 Å². The molecule has 118 valence electrons. The van der Waals surface area contributed by atoms with Crippen LogP contribution in [0, 0.1) is 18.3 Å². The molecule has 1 N–H and O–H groups in total. The number of carbonyl (C=O) groups excluding carboxylic acids is 1. The highest BCUT2D eigenvalue weighted by Gasteiger charge is 2.10. The molecule has 5 nitrogen and oxygen atoms in total. The van der Waals surface area contributed by atoms with E-state index in [1.807, 2.05) is 37.3 Å². The van der Waals surface area contributed by atoms with E-state index in [0.717, 1.165) is 16.9 Å². The van der Waals surface area contributed by atoms with Crippen molar-refractivity contribution >= 4 is 12.0 Å². The minimum Gasteiger partial charge on any atom is -0.497 e. The van der Waals surface area contributed by atoms with Gasteiger partial charge in [-0.15, -0.1) is 0 Å². The molecule has 0 radical (unpaired) electrons. The zero-order chi connectivity index (χ0) is 16.7. The van der Waals surface area contributed by atoms with Crippen LogP contribution in [0.5, 0.6) is 5.75 Å². The van der Waals surface area contributed by atoms with Crippen LogP contribution < -0.4 is 10.1 Å². The molecular weight excluding hydrogens is 292 g/mol. The van der Waals surface area contributed by atoms with Crippen LogP contribution in [0.25, 0.3) is 6.08 Å². The molecule has 5 heteroatoms. The number of carbonyl (C=O) groups is 1. The number of benzene rings is 1. The first-order valence-electron chi connectivity index (χ1n) is 7.21. The van der Waals surface area contributed by atoms with Crippen LogP contribution in [0.4, 0.5) is 0 Å². The molecule has 1 heterocycles. The molecule has 0 aliphatic heterocycles. The number of hydrogen-bond donors (Lipinski definition) is 1. The smallest absolute Gasteiger partial charge is 0.262 e. The average molecular weight is 310 g/mol. The molecule has 0 bridgehead atoms. The van der Waals surface area contributed by atoms with Gasteiger partial charge in [0.15, 0.2) is 0 Å². The highest BCUT2D eigenvalue weighted by Crippen LogP contribution is 2.14. The van der Waals surface area contributed by atoms with E-state index in [1.54, 1.807) is 13.2 Å². The third-order valence-electron chi connectivity index (χ3n) is 3.40. The summed E-state index contributed by atoms with van der Waals surface area (Å²) in [6, 6.07) is 11.3. The summed E-state index contributed by atoms with van der Waals surface area (Å²) in [5.74, 6) is 0.907. The molecular formula is C18H18N2O3. The van der Waals surface area contributed by atoms with Gasteiger partial charge in [-0.25, -0.2) is 0 Å². The standard InChI is InChI=1S/C18H18N2O3/c1-13-8-10-23-17(13)11-15(12-19)18(21)20-9-7-14-3-5-16(22-2)6-4-14/h3-6,8,10-11H,7,9H2,1-2H3,(H,20,21)/b15-11-. The maximum Gasteiger partial charge on any atom is 0.262 e. The fourth-order valence-electron chi connectivity index (χ4n) is 2.02. The Morgan fingerprint density at radius 2 is 2.09 bits per heavy atom. The van der Waals surface area contributed by atoms with Gasteiger partial charge in [0.05, 0.1) is 13.4 Å². The maximum absolute atomic E-state index is 12.0. The Morgan fingerprint density at radius 3 is 2.65 bits per heavy atom. The van der Waals surface area contributed by atoms with Gasteiger partial charge in [-0.05, 0) is 42.7 Å². The molecule has 0 fully saturated rings. The van der Waals surface area contributed by atoms with Gasteiger partial charge in [0, 0.05) is 12.6 Å². The SMILES string of the molecule is COc1ccc(CCNC(=O)/C(C#N)=C\c2occc2C)cc1. The Labute approximate surface area is 135 Å². The lowest BCUT2D eigenvalue weighted by molar-refractivity contribution is -0.117. The Morgan fingerprint density at radius 1 is 1.35 bits per heavy atom. The van der Waals surface area contributed by atoms with E-state index in [9.17, 15) is 4.79 Å². The summed E-state index contributed by atoms with van der Waals surface area (Å²) in [6.07, 6.45) is 3.66. The molecule has 0 saturated carbocycles. The van der Waals surface area contributed by atoms with Gasteiger partial charge in [-0.2, -0.15) is 5.26 Å². The van der Waals surface area contributed by atoms with Gasteiger partial charge in [-0.1, -0.05) is 12.1 Å². The highest BCUT2D eigenvalue weighted by atomic mass is 16.5. The average Bonchev–Trinajstić information content (AvgIpc) is 2.98. The van der Waals surface area contributed by atoms with E-state index in [-0.39, 0.29) is 5.57 Å². The largest absolute Gasteiger partial charge is 0.497 e. The quantitative estimate of drug-likeness (QED) is 0.657. The molecule has 0 aliphatic rings. The van der Waals surface area contributed by atoms with E-state index in [0.29, 0.717) is 18.7 Å². The number of furan rings is 1. The zero-order valence-corrected chi connectivity index (χ0v) is 13.1. The van der Waals surface area contributed by atoms with Crippen LogP contribution in [0.15, 0.2) is 46.6 Å². The molecule has 0 spiro atoms. The maximum atomic E-state index is 12.0. The second kappa shape index (κ2) is 7.85. The van der Waals surface area contributed by atoms with Crippen LogP contribution in [0.2, 0.25) is 0 Å². The van der Waals surface area contributed by atoms with Crippen LogP contribution in [0.1, 0.15) is 16.9 Å². The molecule has 0 aliphatic carbocycles. The molecule has 0 saturated heterocycles. The van der Waals surface area contributed by atoms with E-state index >= 15 is 0 Å². The van der Waals surface area contributed by atoms with Crippen LogP contribution in [0.3, 0.4) is 0 Å². The first-order chi connectivity index (χ1) is 11.1. The summed E-state index contributed by atoms with van der Waals surface area (Å²) in [7, 11) is 1.62. The monoisotopic (exact) mass is 310 g/mol. The lowest BCUT2D eigenvalue weighted by Gasteiger charge is -2.05. The zero-order valence-electron chi connectivity index (χ0n) is 13.1. The summed E-state index contributed by atoms with van der Waals surface area (Å²) in [5.41, 5.74) is 1.98. The van der Waals surface area contributed by atoms with Crippen molar-refractivity contribution in [3.8, 4) is 11.8 Å². The number of aryl methyl sites for hydroxylation is 1. The Bertz CT molecular complexity index is 736. The Kier molecular flexibility index (Phi) is 5.59. The van der Waals surface area contributed by atoms with E-state index < -0.39 is 5.91 Å². The lowest BCUT2D eigenvalue weighted by atomic mass is 10.1. The van der Waals surface area contributed by atoms with E-state index in [1.165, 1.54) is 12.3 Å². The van der Waals surface area contributed by atoms with Crippen LogP contribution in [-0.2, 0) is 11.2 Å². The number of hydrogen-bond acceptors (Lipinski definition) is 4.